The Kier molecular flexibility index (Phi) is 6.37. The molecule has 0 spiro atoms. The first-order chi connectivity index (χ1) is 11.7. The predicted octanol–water partition coefficient (Wildman–Crippen LogP) is 3.89. The van der Waals surface area contributed by atoms with Crippen LogP contribution in [0.3, 0.4) is 0 Å². The summed E-state index contributed by atoms with van der Waals surface area (Å²) in [5.74, 6) is 1.47. The number of fused-ring (bicyclic) bond motifs is 2. The SMILES string of the molecule is Cl.O=C(CC1CC2CCC(C1)N2)Nc1cccc(COCC2CC2)c1. The van der Waals surface area contributed by atoms with Crippen molar-refractivity contribution in [2.24, 2.45) is 11.8 Å². The summed E-state index contributed by atoms with van der Waals surface area (Å²) in [6.07, 6.45) is 8.15. The number of carbonyl (C=O) groups is 1. The van der Waals surface area contributed by atoms with E-state index in [0.29, 0.717) is 31.0 Å². The molecule has 138 valence electrons. The van der Waals surface area contributed by atoms with Gasteiger partial charge in [0.2, 0.25) is 5.91 Å². The smallest absolute Gasteiger partial charge is 0.224 e. The quantitative estimate of drug-likeness (QED) is 0.771. The van der Waals surface area contributed by atoms with E-state index in [1.54, 1.807) is 0 Å². The molecule has 3 aliphatic rings. The van der Waals surface area contributed by atoms with Gasteiger partial charge in [-0.05, 0) is 68.1 Å². The van der Waals surface area contributed by atoms with Crippen molar-refractivity contribution >= 4 is 24.0 Å². The third-order valence-electron chi connectivity index (χ3n) is 5.57. The minimum Gasteiger partial charge on any atom is -0.376 e. The highest BCUT2D eigenvalue weighted by atomic mass is 35.5. The van der Waals surface area contributed by atoms with E-state index in [1.807, 2.05) is 18.2 Å². The number of rotatable bonds is 7. The molecular weight excluding hydrogens is 336 g/mol. The lowest BCUT2D eigenvalue weighted by Gasteiger charge is -2.28. The lowest BCUT2D eigenvalue weighted by Crippen LogP contribution is -2.39. The van der Waals surface area contributed by atoms with E-state index in [9.17, 15) is 4.79 Å². The molecule has 1 aromatic carbocycles. The Balaban J connectivity index is 0.00000182. The molecule has 4 rings (SSSR count). The number of hydrogen-bond donors (Lipinski definition) is 2. The molecule has 1 saturated carbocycles. The highest BCUT2D eigenvalue weighted by Gasteiger charge is 2.34. The van der Waals surface area contributed by atoms with Gasteiger partial charge in [-0.3, -0.25) is 4.79 Å². The number of piperidine rings is 1. The highest BCUT2D eigenvalue weighted by molar-refractivity contribution is 5.90. The van der Waals surface area contributed by atoms with Crippen LogP contribution in [0.1, 0.15) is 50.5 Å². The molecule has 5 heteroatoms. The molecule has 25 heavy (non-hydrogen) atoms. The van der Waals surface area contributed by atoms with Crippen molar-refractivity contribution in [2.45, 2.75) is 63.6 Å². The van der Waals surface area contributed by atoms with Gasteiger partial charge in [0, 0.05) is 30.8 Å². The second-order valence-corrected chi connectivity index (χ2v) is 7.89. The normalized spacial score (nSPS) is 27.6. The Morgan fingerprint density at radius 2 is 1.88 bits per heavy atom. The van der Waals surface area contributed by atoms with Crippen molar-refractivity contribution in [3.05, 3.63) is 29.8 Å². The maximum Gasteiger partial charge on any atom is 0.224 e. The van der Waals surface area contributed by atoms with Crippen molar-refractivity contribution in [1.29, 1.82) is 0 Å². The molecule has 2 bridgehead atoms. The van der Waals surface area contributed by atoms with Crippen LogP contribution in [0.15, 0.2) is 24.3 Å². The van der Waals surface area contributed by atoms with E-state index in [4.69, 9.17) is 4.74 Å². The lowest BCUT2D eigenvalue weighted by molar-refractivity contribution is -0.117. The van der Waals surface area contributed by atoms with Gasteiger partial charge in [0.05, 0.1) is 6.61 Å². The fourth-order valence-electron chi connectivity index (χ4n) is 4.18. The van der Waals surface area contributed by atoms with E-state index in [2.05, 4.69) is 16.7 Å². The van der Waals surface area contributed by atoms with Crippen LogP contribution in [0.25, 0.3) is 0 Å². The van der Waals surface area contributed by atoms with Gasteiger partial charge in [-0.1, -0.05) is 12.1 Å². The molecule has 0 radical (unpaired) electrons. The van der Waals surface area contributed by atoms with Gasteiger partial charge in [-0.25, -0.2) is 0 Å². The van der Waals surface area contributed by atoms with Crippen molar-refractivity contribution in [1.82, 2.24) is 5.32 Å². The average Bonchev–Trinajstić information content (AvgIpc) is 3.31. The first-order valence-electron chi connectivity index (χ1n) is 9.47. The molecule has 3 fully saturated rings. The van der Waals surface area contributed by atoms with Crippen molar-refractivity contribution in [3.8, 4) is 0 Å². The average molecular weight is 365 g/mol. The number of ether oxygens (including phenoxy) is 1. The predicted molar refractivity (Wildman–Crippen MR) is 102 cm³/mol. The minimum absolute atomic E-state index is 0. The highest BCUT2D eigenvalue weighted by Crippen LogP contribution is 2.33. The summed E-state index contributed by atoms with van der Waals surface area (Å²) in [5.41, 5.74) is 2.03. The van der Waals surface area contributed by atoms with Crippen LogP contribution in [0.5, 0.6) is 0 Å². The van der Waals surface area contributed by atoms with Gasteiger partial charge >= 0.3 is 0 Å². The van der Waals surface area contributed by atoms with Crippen molar-refractivity contribution in [2.75, 3.05) is 11.9 Å². The molecule has 2 unspecified atom stereocenters. The third-order valence-corrected chi connectivity index (χ3v) is 5.57. The summed E-state index contributed by atoms with van der Waals surface area (Å²) in [6, 6.07) is 9.36. The van der Waals surface area contributed by atoms with E-state index >= 15 is 0 Å². The van der Waals surface area contributed by atoms with E-state index < -0.39 is 0 Å². The van der Waals surface area contributed by atoms with Gasteiger partial charge in [0.15, 0.2) is 0 Å². The van der Waals surface area contributed by atoms with Crippen LogP contribution in [-0.4, -0.2) is 24.6 Å². The lowest BCUT2D eigenvalue weighted by atomic mass is 9.89. The molecule has 2 N–H and O–H groups in total. The Morgan fingerprint density at radius 3 is 2.60 bits per heavy atom. The second kappa shape index (κ2) is 8.52. The van der Waals surface area contributed by atoms with E-state index in [1.165, 1.54) is 25.7 Å². The molecule has 1 aliphatic carbocycles. The number of hydrogen-bond acceptors (Lipinski definition) is 3. The van der Waals surface area contributed by atoms with E-state index in [0.717, 1.165) is 36.6 Å². The molecule has 2 saturated heterocycles. The van der Waals surface area contributed by atoms with Crippen LogP contribution in [0, 0.1) is 11.8 Å². The molecule has 2 atom stereocenters. The zero-order valence-corrected chi connectivity index (χ0v) is 15.5. The zero-order chi connectivity index (χ0) is 16.4. The van der Waals surface area contributed by atoms with Gasteiger partial charge in [0.1, 0.15) is 0 Å². The molecule has 1 amide bonds. The fourth-order valence-corrected chi connectivity index (χ4v) is 4.18. The minimum atomic E-state index is 0. The first-order valence-corrected chi connectivity index (χ1v) is 9.47. The number of nitrogens with one attached hydrogen (secondary N) is 2. The summed E-state index contributed by atoms with van der Waals surface area (Å²) in [6.45, 7) is 1.51. The van der Waals surface area contributed by atoms with Gasteiger partial charge in [-0.15, -0.1) is 12.4 Å². The Hall–Kier alpha value is -1.10. The van der Waals surface area contributed by atoms with Gasteiger partial charge in [0.25, 0.3) is 0 Å². The van der Waals surface area contributed by atoms with Crippen LogP contribution in [0.4, 0.5) is 5.69 Å². The van der Waals surface area contributed by atoms with Crippen molar-refractivity contribution < 1.29 is 9.53 Å². The Bertz CT molecular complexity index is 579. The number of anilines is 1. The maximum absolute atomic E-state index is 12.4. The Labute approximate surface area is 156 Å². The molecule has 1 aromatic rings. The summed E-state index contributed by atoms with van der Waals surface area (Å²) >= 11 is 0. The molecule has 2 heterocycles. The van der Waals surface area contributed by atoms with Gasteiger partial charge < -0.3 is 15.4 Å². The maximum atomic E-state index is 12.4. The molecule has 0 aromatic heterocycles. The van der Waals surface area contributed by atoms with Crippen LogP contribution >= 0.6 is 12.4 Å². The summed E-state index contributed by atoms with van der Waals surface area (Å²) in [7, 11) is 0. The van der Waals surface area contributed by atoms with Crippen molar-refractivity contribution in [3.63, 3.8) is 0 Å². The number of carbonyl (C=O) groups excluding carboxylic acids is 1. The molecule has 2 aliphatic heterocycles. The number of amides is 1. The number of benzene rings is 1. The van der Waals surface area contributed by atoms with Gasteiger partial charge in [-0.2, -0.15) is 0 Å². The first kappa shape index (κ1) is 18.7. The topological polar surface area (TPSA) is 50.4 Å². The molecular formula is C20H29ClN2O2. The third kappa shape index (κ3) is 5.44. The molecule has 4 nitrogen and oxygen atoms in total. The standard InChI is InChI=1S/C20H28N2O2.ClH/c23-20(11-16-9-18-6-7-19(10-16)21-18)22-17-3-1-2-15(8-17)13-24-12-14-4-5-14;/h1-3,8,14,16,18-19,21H,4-7,9-13H2,(H,22,23);1H. The zero-order valence-electron chi connectivity index (χ0n) is 14.7. The number of halogens is 1. The summed E-state index contributed by atoms with van der Waals surface area (Å²) in [4.78, 5) is 12.4. The summed E-state index contributed by atoms with van der Waals surface area (Å²) in [5, 5.41) is 6.71. The van der Waals surface area contributed by atoms with Crippen LogP contribution in [-0.2, 0) is 16.1 Å². The largest absolute Gasteiger partial charge is 0.376 e. The fraction of sp³-hybridized carbons (Fsp3) is 0.650. The second-order valence-electron chi connectivity index (χ2n) is 7.89. The monoisotopic (exact) mass is 364 g/mol. The summed E-state index contributed by atoms with van der Waals surface area (Å²) < 4.78 is 5.74. The van der Waals surface area contributed by atoms with E-state index in [-0.39, 0.29) is 18.3 Å². The Morgan fingerprint density at radius 1 is 1.12 bits per heavy atom. The van der Waals surface area contributed by atoms with Crippen LogP contribution < -0.4 is 10.6 Å². The van der Waals surface area contributed by atoms with Crippen LogP contribution in [0.2, 0.25) is 0 Å².